The van der Waals surface area contributed by atoms with E-state index >= 15 is 0 Å². The molecule has 158 valence electrons. The monoisotopic (exact) mass is 420 g/mol. The first-order valence-corrected chi connectivity index (χ1v) is 10.5. The minimum Gasteiger partial charge on any atom is -0.493 e. The Hall–Kier alpha value is -2.48. The number of hydrogen-bond acceptors (Lipinski definition) is 8. The summed E-state index contributed by atoms with van der Waals surface area (Å²) in [6.07, 6.45) is 4.63. The maximum atomic E-state index is 12.1. The molecule has 0 fully saturated rings. The SMILES string of the molecule is CCCCCCSc1nc(C(=O)OC)cc(-c2cc(OC)c(OC)c(OC)c2)n1. The van der Waals surface area contributed by atoms with Gasteiger partial charge in [-0.25, -0.2) is 14.8 Å². The van der Waals surface area contributed by atoms with Crippen molar-refractivity contribution >= 4 is 17.7 Å². The van der Waals surface area contributed by atoms with E-state index in [2.05, 4.69) is 16.9 Å². The van der Waals surface area contributed by atoms with Crippen LogP contribution < -0.4 is 14.2 Å². The van der Waals surface area contributed by atoms with Crippen molar-refractivity contribution in [3.05, 3.63) is 23.9 Å². The highest BCUT2D eigenvalue weighted by molar-refractivity contribution is 7.99. The largest absolute Gasteiger partial charge is 0.493 e. The molecule has 0 aliphatic carbocycles. The fourth-order valence-corrected chi connectivity index (χ4v) is 3.62. The Kier molecular flexibility index (Phi) is 9.05. The number of thioether (sulfide) groups is 1. The van der Waals surface area contributed by atoms with E-state index in [0.717, 1.165) is 17.7 Å². The van der Waals surface area contributed by atoms with E-state index in [1.807, 2.05) is 0 Å². The smallest absolute Gasteiger partial charge is 0.356 e. The molecule has 1 aromatic carbocycles. The average Bonchev–Trinajstić information content (AvgIpc) is 2.76. The van der Waals surface area contributed by atoms with Crippen LogP contribution in [0.3, 0.4) is 0 Å². The van der Waals surface area contributed by atoms with Crippen LogP contribution in [0.4, 0.5) is 0 Å². The van der Waals surface area contributed by atoms with Gasteiger partial charge in [0.1, 0.15) is 0 Å². The summed E-state index contributed by atoms with van der Waals surface area (Å²) < 4.78 is 21.1. The van der Waals surface area contributed by atoms with E-state index < -0.39 is 5.97 Å². The molecule has 0 radical (unpaired) electrons. The van der Waals surface area contributed by atoms with Crippen molar-refractivity contribution in [2.45, 2.75) is 37.8 Å². The summed E-state index contributed by atoms with van der Waals surface area (Å²) in [5.74, 6) is 1.89. The zero-order valence-corrected chi connectivity index (χ0v) is 18.4. The van der Waals surface area contributed by atoms with Crippen LogP contribution in [0.1, 0.15) is 43.1 Å². The molecule has 2 aromatic rings. The zero-order chi connectivity index (χ0) is 21.2. The van der Waals surface area contributed by atoms with E-state index in [0.29, 0.717) is 28.1 Å². The number of unbranched alkanes of at least 4 members (excludes halogenated alkanes) is 3. The van der Waals surface area contributed by atoms with Crippen molar-refractivity contribution in [3.8, 4) is 28.5 Å². The quantitative estimate of drug-likeness (QED) is 0.225. The third-order valence-corrected chi connectivity index (χ3v) is 5.22. The highest BCUT2D eigenvalue weighted by atomic mass is 32.2. The summed E-state index contributed by atoms with van der Waals surface area (Å²) in [4.78, 5) is 21.1. The molecule has 1 heterocycles. The summed E-state index contributed by atoms with van der Waals surface area (Å²) in [6.45, 7) is 2.18. The summed E-state index contributed by atoms with van der Waals surface area (Å²) in [6, 6.07) is 5.19. The summed E-state index contributed by atoms with van der Waals surface area (Å²) >= 11 is 1.53. The highest BCUT2D eigenvalue weighted by Gasteiger charge is 2.18. The number of nitrogens with zero attached hydrogens (tertiary/aromatic N) is 2. The zero-order valence-electron chi connectivity index (χ0n) is 17.6. The summed E-state index contributed by atoms with van der Waals surface area (Å²) in [7, 11) is 5.99. The van der Waals surface area contributed by atoms with E-state index in [-0.39, 0.29) is 5.69 Å². The third-order valence-electron chi connectivity index (χ3n) is 4.29. The number of esters is 1. The van der Waals surface area contributed by atoms with Gasteiger partial charge in [0.15, 0.2) is 22.3 Å². The molecule has 2 rings (SSSR count). The molecule has 0 N–H and O–H groups in total. The Labute approximate surface area is 176 Å². The Morgan fingerprint density at radius 3 is 2.17 bits per heavy atom. The Balaban J connectivity index is 2.42. The molecule has 8 heteroatoms. The van der Waals surface area contributed by atoms with Crippen LogP contribution in [0.5, 0.6) is 17.2 Å². The van der Waals surface area contributed by atoms with Gasteiger partial charge < -0.3 is 18.9 Å². The first-order chi connectivity index (χ1) is 14.1. The summed E-state index contributed by atoms with van der Waals surface area (Å²) in [5, 5.41) is 0.535. The minimum atomic E-state index is -0.506. The van der Waals surface area contributed by atoms with Gasteiger partial charge in [-0.2, -0.15) is 0 Å². The lowest BCUT2D eigenvalue weighted by atomic mass is 10.1. The van der Waals surface area contributed by atoms with E-state index in [4.69, 9.17) is 18.9 Å². The van der Waals surface area contributed by atoms with Crippen LogP contribution in [0.15, 0.2) is 23.4 Å². The van der Waals surface area contributed by atoms with Crippen molar-refractivity contribution in [1.29, 1.82) is 0 Å². The highest BCUT2D eigenvalue weighted by Crippen LogP contribution is 2.41. The molecule has 0 saturated heterocycles. The fourth-order valence-electron chi connectivity index (χ4n) is 2.77. The lowest BCUT2D eigenvalue weighted by Crippen LogP contribution is -2.07. The second kappa shape index (κ2) is 11.5. The first-order valence-electron chi connectivity index (χ1n) is 9.48. The van der Waals surface area contributed by atoms with Gasteiger partial charge in [0.2, 0.25) is 5.75 Å². The summed E-state index contributed by atoms with van der Waals surface area (Å²) in [5.41, 5.74) is 1.51. The molecule has 0 atom stereocenters. The lowest BCUT2D eigenvalue weighted by molar-refractivity contribution is 0.0593. The van der Waals surface area contributed by atoms with Gasteiger partial charge >= 0.3 is 5.97 Å². The lowest BCUT2D eigenvalue weighted by Gasteiger charge is -2.14. The minimum absolute atomic E-state index is 0.210. The number of carbonyl (C=O) groups excluding carboxylic acids is 1. The van der Waals surface area contributed by atoms with E-state index in [1.54, 1.807) is 39.5 Å². The van der Waals surface area contributed by atoms with Crippen LogP contribution in [-0.2, 0) is 4.74 Å². The Morgan fingerprint density at radius 2 is 1.62 bits per heavy atom. The standard InChI is InChI=1S/C21H28N2O5S/c1-6-7-8-9-10-29-21-22-15(13-16(23-21)20(24)28-5)14-11-17(25-2)19(27-4)18(12-14)26-3/h11-13H,6-10H2,1-5H3. The van der Waals surface area contributed by atoms with Crippen LogP contribution in [0.2, 0.25) is 0 Å². The van der Waals surface area contributed by atoms with E-state index in [9.17, 15) is 4.79 Å². The first kappa shape index (κ1) is 22.8. The number of rotatable bonds is 11. The van der Waals surface area contributed by atoms with Crippen molar-refractivity contribution in [1.82, 2.24) is 9.97 Å². The Morgan fingerprint density at radius 1 is 0.931 bits per heavy atom. The van der Waals surface area contributed by atoms with Gasteiger partial charge in [-0.05, 0) is 24.6 Å². The maximum Gasteiger partial charge on any atom is 0.356 e. The van der Waals surface area contributed by atoms with Crippen LogP contribution in [0, 0.1) is 0 Å². The number of benzene rings is 1. The molecular weight excluding hydrogens is 392 g/mol. The Bertz CT molecular complexity index is 804. The molecule has 0 aliphatic heterocycles. The number of aromatic nitrogens is 2. The average molecular weight is 421 g/mol. The molecule has 0 aliphatic rings. The number of hydrogen-bond donors (Lipinski definition) is 0. The predicted octanol–water partition coefficient (Wildman–Crippen LogP) is 4.63. The molecule has 7 nitrogen and oxygen atoms in total. The molecular formula is C21H28N2O5S. The molecule has 0 bridgehead atoms. The second-order valence-electron chi connectivity index (χ2n) is 6.24. The van der Waals surface area contributed by atoms with Crippen molar-refractivity contribution in [3.63, 3.8) is 0 Å². The molecule has 29 heavy (non-hydrogen) atoms. The molecule has 0 unspecified atom stereocenters. The second-order valence-corrected chi connectivity index (χ2v) is 7.30. The van der Waals surface area contributed by atoms with Crippen molar-refractivity contribution < 1.29 is 23.7 Å². The molecule has 0 amide bonds. The van der Waals surface area contributed by atoms with Gasteiger partial charge in [-0.15, -0.1) is 0 Å². The normalized spacial score (nSPS) is 10.5. The molecule has 0 spiro atoms. The van der Waals surface area contributed by atoms with Crippen LogP contribution in [-0.4, -0.2) is 50.1 Å². The molecule has 0 saturated carbocycles. The number of methoxy groups -OCH3 is 4. The maximum absolute atomic E-state index is 12.1. The topological polar surface area (TPSA) is 79.8 Å². The fraction of sp³-hybridized carbons (Fsp3) is 0.476. The van der Waals surface area contributed by atoms with Gasteiger partial charge in [-0.3, -0.25) is 0 Å². The van der Waals surface area contributed by atoms with Crippen molar-refractivity contribution in [2.24, 2.45) is 0 Å². The third kappa shape index (κ3) is 6.00. The van der Waals surface area contributed by atoms with E-state index in [1.165, 1.54) is 38.1 Å². The van der Waals surface area contributed by atoms with Gasteiger partial charge in [-0.1, -0.05) is 37.9 Å². The van der Waals surface area contributed by atoms with Gasteiger partial charge in [0, 0.05) is 11.3 Å². The predicted molar refractivity (Wildman–Crippen MR) is 113 cm³/mol. The van der Waals surface area contributed by atoms with Crippen molar-refractivity contribution in [2.75, 3.05) is 34.2 Å². The number of carbonyl (C=O) groups is 1. The van der Waals surface area contributed by atoms with Gasteiger partial charge in [0.25, 0.3) is 0 Å². The van der Waals surface area contributed by atoms with Crippen LogP contribution in [0.25, 0.3) is 11.3 Å². The van der Waals surface area contributed by atoms with Gasteiger partial charge in [0.05, 0.1) is 34.1 Å². The van der Waals surface area contributed by atoms with Crippen LogP contribution >= 0.6 is 11.8 Å². The number of ether oxygens (including phenoxy) is 4. The molecule has 1 aromatic heterocycles.